The Kier molecular flexibility index (Phi) is 4.18. The van der Waals surface area contributed by atoms with Gasteiger partial charge in [0, 0.05) is 19.5 Å². The van der Waals surface area contributed by atoms with E-state index in [1.54, 1.807) is 0 Å². The van der Waals surface area contributed by atoms with E-state index in [2.05, 4.69) is 52.2 Å². The number of hydrogen-bond donors (Lipinski definition) is 1. The summed E-state index contributed by atoms with van der Waals surface area (Å²) in [5.41, 5.74) is 11.8. The lowest BCUT2D eigenvalue weighted by Gasteiger charge is -2.20. The van der Waals surface area contributed by atoms with Gasteiger partial charge in [0.25, 0.3) is 0 Å². The average Bonchev–Trinajstić information content (AvgIpc) is 3.03. The van der Waals surface area contributed by atoms with Crippen molar-refractivity contribution in [1.82, 2.24) is 9.78 Å². The van der Waals surface area contributed by atoms with Crippen LogP contribution in [0.4, 0.5) is 0 Å². The molecular formula is C17H22BrN3. The van der Waals surface area contributed by atoms with Gasteiger partial charge < -0.3 is 5.73 Å². The third-order valence-corrected chi connectivity index (χ3v) is 5.54. The fraction of sp³-hybridized carbons (Fsp3) is 0.471. The van der Waals surface area contributed by atoms with Gasteiger partial charge in [-0.15, -0.1) is 0 Å². The summed E-state index contributed by atoms with van der Waals surface area (Å²) in [7, 11) is 2.01. The molecule has 0 radical (unpaired) electrons. The SMILES string of the molecule is CCc1nn(C)c(CC(N)C2CCc3ccccc32)c1Br. The molecule has 0 bridgehead atoms. The van der Waals surface area contributed by atoms with Gasteiger partial charge in [-0.05, 0) is 52.2 Å². The minimum Gasteiger partial charge on any atom is -0.327 e. The molecule has 3 rings (SSSR count). The topological polar surface area (TPSA) is 43.8 Å². The fourth-order valence-corrected chi connectivity index (χ4v) is 4.22. The van der Waals surface area contributed by atoms with Gasteiger partial charge in [-0.1, -0.05) is 31.2 Å². The largest absolute Gasteiger partial charge is 0.327 e. The highest BCUT2D eigenvalue weighted by molar-refractivity contribution is 9.10. The quantitative estimate of drug-likeness (QED) is 0.921. The first kappa shape index (κ1) is 14.8. The fourth-order valence-electron chi connectivity index (χ4n) is 3.44. The monoisotopic (exact) mass is 347 g/mol. The van der Waals surface area contributed by atoms with Crippen molar-refractivity contribution in [3.63, 3.8) is 0 Å². The molecule has 1 aliphatic rings. The number of aryl methyl sites for hydroxylation is 3. The van der Waals surface area contributed by atoms with Gasteiger partial charge in [-0.2, -0.15) is 5.10 Å². The van der Waals surface area contributed by atoms with E-state index in [0.717, 1.165) is 35.8 Å². The van der Waals surface area contributed by atoms with E-state index < -0.39 is 0 Å². The van der Waals surface area contributed by atoms with Crippen LogP contribution in [-0.4, -0.2) is 15.8 Å². The normalized spacial score (nSPS) is 18.8. The first-order valence-corrected chi connectivity index (χ1v) is 8.44. The predicted molar refractivity (Wildman–Crippen MR) is 89.5 cm³/mol. The van der Waals surface area contributed by atoms with E-state index in [1.807, 2.05) is 11.7 Å². The van der Waals surface area contributed by atoms with Crippen LogP contribution in [0.5, 0.6) is 0 Å². The van der Waals surface area contributed by atoms with Crippen LogP contribution < -0.4 is 5.73 Å². The molecule has 1 aromatic carbocycles. The molecule has 0 spiro atoms. The lowest BCUT2D eigenvalue weighted by Crippen LogP contribution is -2.30. The summed E-state index contributed by atoms with van der Waals surface area (Å²) in [4.78, 5) is 0. The molecule has 2 N–H and O–H groups in total. The summed E-state index contributed by atoms with van der Waals surface area (Å²) < 4.78 is 3.11. The Labute approximate surface area is 134 Å². The zero-order valence-electron chi connectivity index (χ0n) is 12.6. The van der Waals surface area contributed by atoms with E-state index in [4.69, 9.17) is 5.73 Å². The highest BCUT2D eigenvalue weighted by Crippen LogP contribution is 2.36. The van der Waals surface area contributed by atoms with Crippen LogP contribution in [0.25, 0.3) is 0 Å². The predicted octanol–water partition coefficient (Wildman–Crippen LogP) is 3.34. The van der Waals surface area contributed by atoms with Gasteiger partial charge in [0.15, 0.2) is 0 Å². The molecule has 0 fully saturated rings. The molecule has 21 heavy (non-hydrogen) atoms. The number of nitrogens with two attached hydrogens (primary N) is 1. The highest BCUT2D eigenvalue weighted by Gasteiger charge is 2.28. The van der Waals surface area contributed by atoms with Crippen LogP contribution >= 0.6 is 15.9 Å². The van der Waals surface area contributed by atoms with Crippen LogP contribution in [-0.2, 0) is 26.3 Å². The smallest absolute Gasteiger partial charge is 0.0766 e. The Balaban J connectivity index is 1.82. The van der Waals surface area contributed by atoms with Crippen LogP contribution in [0.1, 0.15) is 41.8 Å². The Hall–Kier alpha value is -1.13. The van der Waals surface area contributed by atoms with Crippen molar-refractivity contribution in [3.05, 3.63) is 51.3 Å². The molecule has 3 nitrogen and oxygen atoms in total. The number of benzene rings is 1. The van der Waals surface area contributed by atoms with E-state index in [-0.39, 0.29) is 6.04 Å². The van der Waals surface area contributed by atoms with Crippen molar-refractivity contribution in [1.29, 1.82) is 0 Å². The molecule has 2 unspecified atom stereocenters. The molecule has 1 aromatic heterocycles. The summed E-state index contributed by atoms with van der Waals surface area (Å²) in [5, 5.41) is 4.57. The second-order valence-corrected chi connectivity index (χ2v) is 6.69. The maximum atomic E-state index is 6.55. The van der Waals surface area contributed by atoms with Crippen LogP contribution in [0, 0.1) is 0 Å². The molecule has 112 valence electrons. The van der Waals surface area contributed by atoms with Gasteiger partial charge in [-0.25, -0.2) is 0 Å². The van der Waals surface area contributed by atoms with Gasteiger partial charge in [0.1, 0.15) is 0 Å². The Morgan fingerprint density at radius 2 is 2.19 bits per heavy atom. The number of halogens is 1. The van der Waals surface area contributed by atoms with Crippen molar-refractivity contribution in [3.8, 4) is 0 Å². The molecule has 1 heterocycles. The first-order valence-electron chi connectivity index (χ1n) is 7.65. The maximum Gasteiger partial charge on any atom is 0.0766 e. The Morgan fingerprint density at radius 3 is 2.90 bits per heavy atom. The lowest BCUT2D eigenvalue weighted by molar-refractivity contribution is 0.508. The molecule has 0 saturated heterocycles. The van der Waals surface area contributed by atoms with E-state index in [9.17, 15) is 0 Å². The van der Waals surface area contributed by atoms with Crippen molar-refractivity contribution < 1.29 is 0 Å². The number of fused-ring (bicyclic) bond motifs is 1. The highest BCUT2D eigenvalue weighted by atomic mass is 79.9. The molecular weight excluding hydrogens is 326 g/mol. The summed E-state index contributed by atoms with van der Waals surface area (Å²) in [6.45, 7) is 2.13. The second-order valence-electron chi connectivity index (χ2n) is 5.90. The van der Waals surface area contributed by atoms with Crippen molar-refractivity contribution in [2.75, 3.05) is 0 Å². The summed E-state index contributed by atoms with van der Waals surface area (Å²) in [6.07, 6.45) is 4.12. The van der Waals surface area contributed by atoms with Gasteiger partial charge in [0.2, 0.25) is 0 Å². The molecule has 0 amide bonds. The number of rotatable bonds is 4. The first-order chi connectivity index (χ1) is 10.1. The van der Waals surface area contributed by atoms with Crippen molar-refractivity contribution in [2.45, 2.75) is 44.6 Å². The van der Waals surface area contributed by atoms with Gasteiger partial charge in [0.05, 0.1) is 15.9 Å². The maximum absolute atomic E-state index is 6.55. The molecule has 2 atom stereocenters. The molecule has 0 saturated carbocycles. The number of hydrogen-bond acceptors (Lipinski definition) is 2. The minimum absolute atomic E-state index is 0.144. The lowest BCUT2D eigenvalue weighted by atomic mass is 9.91. The van der Waals surface area contributed by atoms with Crippen LogP contribution in [0.15, 0.2) is 28.7 Å². The third kappa shape index (κ3) is 2.67. The third-order valence-electron chi connectivity index (χ3n) is 4.63. The summed E-state index contributed by atoms with van der Waals surface area (Å²) in [5.74, 6) is 0.466. The summed E-state index contributed by atoms with van der Waals surface area (Å²) in [6, 6.07) is 8.86. The second kappa shape index (κ2) is 5.93. The molecule has 0 aliphatic heterocycles. The zero-order valence-corrected chi connectivity index (χ0v) is 14.2. The van der Waals surface area contributed by atoms with Gasteiger partial charge >= 0.3 is 0 Å². The number of aromatic nitrogens is 2. The average molecular weight is 348 g/mol. The Morgan fingerprint density at radius 1 is 1.43 bits per heavy atom. The van der Waals surface area contributed by atoms with Crippen LogP contribution in [0.2, 0.25) is 0 Å². The van der Waals surface area contributed by atoms with E-state index in [1.165, 1.54) is 16.8 Å². The van der Waals surface area contributed by atoms with E-state index >= 15 is 0 Å². The summed E-state index contributed by atoms with van der Waals surface area (Å²) >= 11 is 3.69. The molecule has 2 aromatic rings. The van der Waals surface area contributed by atoms with E-state index in [0.29, 0.717) is 5.92 Å². The Bertz CT molecular complexity index is 647. The van der Waals surface area contributed by atoms with Gasteiger partial charge in [-0.3, -0.25) is 4.68 Å². The van der Waals surface area contributed by atoms with Crippen molar-refractivity contribution >= 4 is 15.9 Å². The van der Waals surface area contributed by atoms with Crippen LogP contribution in [0.3, 0.4) is 0 Å². The molecule has 1 aliphatic carbocycles. The molecule has 4 heteroatoms. The zero-order chi connectivity index (χ0) is 15.0. The minimum atomic E-state index is 0.144. The van der Waals surface area contributed by atoms with Crippen molar-refractivity contribution in [2.24, 2.45) is 12.8 Å². The number of nitrogens with zero attached hydrogens (tertiary/aromatic N) is 2. The standard InChI is InChI=1S/C17H22BrN3/c1-3-15-17(18)16(21(2)20-15)10-14(19)13-9-8-11-6-4-5-7-12(11)13/h4-7,13-14H,3,8-10,19H2,1-2H3.